The van der Waals surface area contributed by atoms with Crippen LogP contribution in [0.15, 0.2) is 53.6 Å². The number of ether oxygens (including phenoxy) is 3. The number of benzene rings is 2. The van der Waals surface area contributed by atoms with Gasteiger partial charge in [0, 0.05) is 6.04 Å². The summed E-state index contributed by atoms with van der Waals surface area (Å²) in [6.07, 6.45) is 4.82. The van der Waals surface area contributed by atoms with Crippen molar-refractivity contribution >= 4 is 24.0 Å². The fourth-order valence-corrected chi connectivity index (χ4v) is 2.97. The summed E-state index contributed by atoms with van der Waals surface area (Å²) < 4.78 is 16.3. The number of esters is 1. The summed E-state index contributed by atoms with van der Waals surface area (Å²) in [7, 11) is 1.39. The van der Waals surface area contributed by atoms with E-state index >= 15 is 0 Å². The molecule has 0 aliphatic rings. The Morgan fingerprint density at radius 3 is 2.19 bits per heavy atom. The molecule has 1 N–H and O–H groups in total. The molecule has 8 nitrogen and oxygen atoms in total. The first kappa shape index (κ1) is 27.7. The molecule has 2 aromatic rings. The molecule has 186 valence electrons. The van der Waals surface area contributed by atoms with Crippen LogP contribution in [0, 0.1) is 22.7 Å². The highest BCUT2D eigenvalue weighted by molar-refractivity contribution is 6.02. The van der Waals surface area contributed by atoms with E-state index in [0.717, 1.165) is 12.8 Å². The Labute approximate surface area is 211 Å². The van der Waals surface area contributed by atoms with E-state index in [9.17, 15) is 20.1 Å². The Kier molecular flexibility index (Phi) is 10.8. The zero-order chi connectivity index (χ0) is 26.5. The van der Waals surface area contributed by atoms with Gasteiger partial charge in [-0.15, -0.1) is 0 Å². The standard InChI is InChI=1S/C28H29N3O5/c1-5-6-13-35-24-10-7-20(8-11-24)14-23(18-30)28(33)36-25-12-9-21(16-26(25)34-4)15-22(17-29)27(32)31-19(2)3/h7-12,14-16,19H,5-6,13H2,1-4H3,(H,31,32)/b22-15+,23-14-. The minimum atomic E-state index is -0.851. The first-order chi connectivity index (χ1) is 17.3. The average molecular weight is 488 g/mol. The topological polar surface area (TPSA) is 121 Å². The van der Waals surface area contributed by atoms with Crippen molar-refractivity contribution in [1.29, 1.82) is 10.5 Å². The molecule has 0 aliphatic heterocycles. The molecule has 2 aromatic carbocycles. The maximum atomic E-state index is 12.7. The molecule has 0 radical (unpaired) electrons. The van der Waals surface area contributed by atoms with Gasteiger partial charge in [-0.3, -0.25) is 4.79 Å². The van der Waals surface area contributed by atoms with Gasteiger partial charge in [0.2, 0.25) is 0 Å². The second-order valence-corrected chi connectivity index (χ2v) is 8.04. The van der Waals surface area contributed by atoms with Gasteiger partial charge in [0.15, 0.2) is 11.5 Å². The highest BCUT2D eigenvalue weighted by Crippen LogP contribution is 2.30. The van der Waals surface area contributed by atoms with Gasteiger partial charge in [0.1, 0.15) is 29.0 Å². The van der Waals surface area contributed by atoms with E-state index < -0.39 is 11.9 Å². The number of hydrogen-bond donors (Lipinski definition) is 1. The number of carbonyl (C=O) groups excluding carboxylic acids is 2. The monoisotopic (exact) mass is 487 g/mol. The van der Waals surface area contributed by atoms with Crippen molar-refractivity contribution in [2.45, 2.75) is 39.7 Å². The lowest BCUT2D eigenvalue weighted by atomic mass is 10.1. The highest BCUT2D eigenvalue weighted by Gasteiger charge is 2.16. The Hall–Kier alpha value is -4.56. The smallest absolute Gasteiger partial charge is 0.354 e. The normalized spacial score (nSPS) is 11.3. The van der Waals surface area contributed by atoms with Gasteiger partial charge in [-0.25, -0.2) is 4.79 Å². The second-order valence-electron chi connectivity index (χ2n) is 8.04. The number of nitriles is 2. The molecule has 0 saturated carbocycles. The summed E-state index contributed by atoms with van der Waals surface area (Å²) in [6.45, 7) is 6.29. The minimum Gasteiger partial charge on any atom is -0.494 e. The summed E-state index contributed by atoms with van der Waals surface area (Å²) in [5.41, 5.74) is 0.867. The van der Waals surface area contributed by atoms with Crippen molar-refractivity contribution in [2.75, 3.05) is 13.7 Å². The van der Waals surface area contributed by atoms with Gasteiger partial charge in [-0.1, -0.05) is 31.5 Å². The van der Waals surface area contributed by atoms with Crippen LogP contribution >= 0.6 is 0 Å². The Balaban J connectivity index is 2.19. The summed E-state index contributed by atoms with van der Waals surface area (Å²) in [6, 6.07) is 15.2. The Bertz CT molecular complexity index is 1220. The zero-order valence-electron chi connectivity index (χ0n) is 20.8. The predicted molar refractivity (Wildman–Crippen MR) is 136 cm³/mol. The number of nitrogens with zero attached hydrogens (tertiary/aromatic N) is 2. The van der Waals surface area contributed by atoms with Crippen molar-refractivity contribution in [3.05, 3.63) is 64.7 Å². The summed E-state index contributed by atoms with van der Waals surface area (Å²) in [5.74, 6) is -0.348. The molecule has 0 unspecified atom stereocenters. The van der Waals surface area contributed by atoms with Crippen LogP contribution in [0.1, 0.15) is 44.7 Å². The fraction of sp³-hybridized carbons (Fsp3) is 0.286. The molecule has 0 bridgehead atoms. The van der Waals surface area contributed by atoms with Crippen LogP contribution in [-0.2, 0) is 9.59 Å². The molecule has 0 atom stereocenters. The van der Waals surface area contributed by atoms with Gasteiger partial charge >= 0.3 is 5.97 Å². The third kappa shape index (κ3) is 8.34. The molecule has 0 heterocycles. The largest absolute Gasteiger partial charge is 0.494 e. The number of rotatable bonds is 11. The van der Waals surface area contributed by atoms with E-state index in [1.807, 2.05) is 12.1 Å². The Morgan fingerprint density at radius 1 is 0.972 bits per heavy atom. The van der Waals surface area contributed by atoms with Crippen molar-refractivity contribution in [1.82, 2.24) is 5.32 Å². The minimum absolute atomic E-state index is 0.0769. The van der Waals surface area contributed by atoms with Gasteiger partial charge in [0.25, 0.3) is 5.91 Å². The number of carbonyl (C=O) groups is 2. The molecular formula is C28H29N3O5. The van der Waals surface area contributed by atoms with E-state index in [-0.39, 0.29) is 28.7 Å². The number of unbranched alkanes of at least 4 members (excludes halogenated alkanes) is 1. The van der Waals surface area contributed by atoms with Crippen LogP contribution in [0.4, 0.5) is 0 Å². The molecule has 1 amide bonds. The third-order valence-electron chi connectivity index (χ3n) is 4.78. The molecule has 0 spiro atoms. The molecular weight excluding hydrogens is 458 g/mol. The molecule has 2 rings (SSSR count). The first-order valence-corrected chi connectivity index (χ1v) is 11.5. The van der Waals surface area contributed by atoms with E-state index in [1.165, 1.54) is 31.4 Å². The first-order valence-electron chi connectivity index (χ1n) is 11.5. The van der Waals surface area contributed by atoms with Gasteiger partial charge in [-0.05, 0) is 67.8 Å². The van der Waals surface area contributed by atoms with Crippen molar-refractivity contribution < 1.29 is 23.8 Å². The highest BCUT2D eigenvalue weighted by atomic mass is 16.6. The predicted octanol–water partition coefficient (Wildman–Crippen LogP) is 4.82. The number of methoxy groups -OCH3 is 1. The third-order valence-corrected chi connectivity index (χ3v) is 4.78. The SMILES string of the molecule is CCCCOc1ccc(/C=C(/C#N)C(=O)Oc2ccc(/C=C(\C#N)C(=O)NC(C)C)cc2OC)cc1. The van der Waals surface area contributed by atoms with Crippen LogP contribution in [0.5, 0.6) is 17.2 Å². The maximum Gasteiger partial charge on any atom is 0.354 e. The van der Waals surface area contributed by atoms with E-state index in [0.29, 0.717) is 23.5 Å². The lowest BCUT2D eigenvalue weighted by molar-refractivity contribution is -0.129. The van der Waals surface area contributed by atoms with Crippen LogP contribution < -0.4 is 19.5 Å². The number of hydrogen-bond acceptors (Lipinski definition) is 7. The maximum absolute atomic E-state index is 12.7. The molecule has 0 saturated heterocycles. The number of amides is 1. The van der Waals surface area contributed by atoms with Gasteiger partial charge < -0.3 is 19.5 Å². The zero-order valence-corrected chi connectivity index (χ0v) is 20.8. The quantitative estimate of drug-likeness (QED) is 0.159. The fourth-order valence-electron chi connectivity index (χ4n) is 2.97. The Morgan fingerprint density at radius 2 is 1.61 bits per heavy atom. The lowest BCUT2D eigenvalue weighted by Gasteiger charge is -2.10. The average Bonchev–Trinajstić information content (AvgIpc) is 2.86. The van der Waals surface area contributed by atoms with Crippen molar-refractivity contribution in [3.8, 4) is 29.4 Å². The second kappa shape index (κ2) is 14.0. The van der Waals surface area contributed by atoms with E-state index in [1.54, 1.807) is 44.2 Å². The molecule has 0 aliphatic carbocycles. The van der Waals surface area contributed by atoms with E-state index in [2.05, 4.69) is 12.2 Å². The van der Waals surface area contributed by atoms with Crippen molar-refractivity contribution in [2.24, 2.45) is 0 Å². The van der Waals surface area contributed by atoms with E-state index in [4.69, 9.17) is 14.2 Å². The van der Waals surface area contributed by atoms with Gasteiger partial charge in [0.05, 0.1) is 13.7 Å². The molecule has 0 fully saturated rings. The summed E-state index contributed by atoms with van der Waals surface area (Å²) in [4.78, 5) is 24.8. The lowest BCUT2D eigenvalue weighted by Crippen LogP contribution is -2.30. The van der Waals surface area contributed by atoms with Crippen molar-refractivity contribution in [3.63, 3.8) is 0 Å². The van der Waals surface area contributed by atoms with Crippen LogP contribution in [-0.4, -0.2) is 31.6 Å². The summed E-state index contributed by atoms with van der Waals surface area (Å²) in [5, 5.41) is 21.5. The van der Waals surface area contributed by atoms with Crippen LogP contribution in [0.3, 0.4) is 0 Å². The molecule has 0 aromatic heterocycles. The van der Waals surface area contributed by atoms with Crippen LogP contribution in [0.25, 0.3) is 12.2 Å². The molecule has 8 heteroatoms. The van der Waals surface area contributed by atoms with Gasteiger partial charge in [-0.2, -0.15) is 10.5 Å². The number of nitrogens with one attached hydrogen (secondary N) is 1. The molecule has 36 heavy (non-hydrogen) atoms. The summed E-state index contributed by atoms with van der Waals surface area (Å²) >= 11 is 0. The van der Waals surface area contributed by atoms with Crippen LogP contribution in [0.2, 0.25) is 0 Å².